The van der Waals surface area contributed by atoms with Crippen LogP contribution in [0.1, 0.15) is 5.56 Å². The number of fused-ring (bicyclic) bond motifs is 3. The summed E-state index contributed by atoms with van der Waals surface area (Å²) in [5.74, 6) is -0.0524. The van der Waals surface area contributed by atoms with Crippen LogP contribution in [0.15, 0.2) is 52.0 Å². The van der Waals surface area contributed by atoms with Crippen molar-refractivity contribution in [1.82, 2.24) is 20.2 Å². The first-order valence-corrected chi connectivity index (χ1v) is 7.85. The third-order valence-electron chi connectivity index (χ3n) is 3.44. The van der Waals surface area contributed by atoms with Crippen molar-refractivity contribution in [3.63, 3.8) is 0 Å². The summed E-state index contributed by atoms with van der Waals surface area (Å²) in [6.45, 7) is 0. The van der Waals surface area contributed by atoms with Gasteiger partial charge in [0.2, 0.25) is 0 Å². The average molecular weight is 385 g/mol. The molecule has 0 aliphatic heterocycles. The Labute approximate surface area is 144 Å². The van der Waals surface area contributed by atoms with Gasteiger partial charge in [0.05, 0.1) is 10.7 Å². The van der Waals surface area contributed by atoms with E-state index >= 15 is 0 Å². The van der Waals surface area contributed by atoms with Gasteiger partial charge in [-0.05, 0) is 39.7 Å². The first kappa shape index (κ1) is 14.7. The van der Waals surface area contributed by atoms with Gasteiger partial charge in [-0.15, -0.1) is 10.2 Å². The molecule has 0 saturated heterocycles. The van der Waals surface area contributed by atoms with Crippen molar-refractivity contribution in [2.24, 2.45) is 5.10 Å². The summed E-state index contributed by atoms with van der Waals surface area (Å²) in [6, 6.07) is 12.4. The second-order valence-corrected chi connectivity index (χ2v) is 5.90. The zero-order valence-corrected chi connectivity index (χ0v) is 13.7. The van der Waals surface area contributed by atoms with Gasteiger partial charge in [0.1, 0.15) is 11.3 Å². The molecule has 6 nitrogen and oxygen atoms in total. The highest BCUT2D eigenvalue weighted by Gasteiger charge is 2.07. The third-order valence-corrected chi connectivity index (χ3v) is 4.05. The minimum atomic E-state index is -0.322. The van der Waals surface area contributed by atoms with E-state index in [0.29, 0.717) is 15.6 Å². The van der Waals surface area contributed by atoms with E-state index < -0.39 is 0 Å². The van der Waals surface area contributed by atoms with Crippen molar-refractivity contribution in [1.29, 1.82) is 0 Å². The first-order valence-electron chi connectivity index (χ1n) is 7.06. The van der Waals surface area contributed by atoms with Gasteiger partial charge in [0.15, 0.2) is 5.65 Å². The highest BCUT2D eigenvalue weighted by atomic mass is 79.9. The van der Waals surface area contributed by atoms with Crippen LogP contribution in [0.4, 0.5) is 10.3 Å². The van der Waals surface area contributed by atoms with Crippen LogP contribution in [0.2, 0.25) is 0 Å². The zero-order chi connectivity index (χ0) is 16.5. The molecule has 0 unspecified atom stereocenters. The van der Waals surface area contributed by atoms with Crippen LogP contribution in [0, 0.1) is 5.82 Å². The van der Waals surface area contributed by atoms with Crippen molar-refractivity contribution >= 4 is 50.2 Å². The molecule has 4 rings (SSSR count). The summed E-state index contributed by atoms with van der Waals surface area (Å²) < 4.78 is 13.6. The number of para-hydroxylation sites is 1. The maximum absolute atomic E-state index is 13.2. The normalized spacial score (nSPS) is 11.6. The van der Waals surface area contributed by atoms with Crippen molar-refractivity contribution in [2.45, 2.75) is 0 Å². The number of anilines is 1. The highest BCUT2D eigenvalue weighted by molar-refractivity contribution is 9.10. The lowest BCUT2D eigenvalue weighted by Gasteiger charge is -1.98. The Morgan fingerprint density at radius 1 is 1.17 bits per heavy atom. The highest BCUT2D eigenvalue weighted by Crippen LogP contribution is 2.21. The zero-order valence-electron chi connectivity index (χ0n) is 12.2. The number of nitrogens with one attached hydrogen (secondary N) is 2. The summed E-state index contributed by atoms with van der Waals surface area (Å²) >= 11 is 3.13. The predicted molar refractivity (Wildman–Crippen MR) is 94.5 cm³/mol. The van der Waals surface area contributed by atoms with E-state index in [2.05, 4.69) is 46.6 Å². The molecule has 0 bridgehead atoms. The van der Waals surface area contributed by atoms with Crippen LogP contribution in [0.25, 0.3) is 22.1 Å². The van der Waals surface area contributed by atoms with Gasteiger partial charge in [-0.3, -0.25) is 0 Å². The number of hydrogen-bond donors (Lipinski definition) is 2. The molecule has 2 aromatic heterocycles. The molecule has 4 aromatic rings. The quantitative estimate of drug-likeness (QED) is 0.415. The molecule has 0 amide bonds. The lowest BCUT2D eigenvalue weighted by atomic mass is 10.2. The van der Waals surface area contributed by atoms with Crippen LogP contribution in [-0.4, -0.2) is 26.4 Å². The van der Waals surface area contributed by atoms with Gasteiger partial charge in [0, 0.05) is 10.9 Å². The number of rotatable bonds is 3. The van der Waals surface area contributed by atoms with Crippen LogP contribution in [-0.2, 0) is 0 Å². The monoisotopic (exact) mass is 384 g/mol. The number of benzene rings is 2. The SMILES string of the molecule is Fc1ccc(C=NNc2nnc3c(n2)[nH]c2ccccc23)cc1Br. The van der Waals surface area contributed by atoms with Crippen LogP contribution >= 0.6 is 15.9 Å². The Morgan fingerprint density at radius 2 is 2.04 bits per heavy atom. The van der Waals surface area contributed by atoms with Gasteiger partial charge in [0.25, 0.3) is 5.95 Å². The van der Waals surface area contributed by atoms with Crippen LogP contribution in [0.5, 0.6) is 0 Å². The molecule has 0 aliphatic rings. The van der Waals surface area contributed by atoms with E-state index in [1.807, 2.05) is 24.3 Å². The molecule has 0 atom stereocenters. The fourth-order valence-corrected chi connectivity index (χ4v) is 2.72. The Kier molecular flexibility index (Phi) is 3.66. The summed E-state index contributed by atoms with van der Waals surface area (Å²) in [6.07, 6.45) is 1.54. The molecule has 118 valence electrons. The molecule has 24 heavy (non-hydrogen) atoms. The maximum Gasteiger partial charge on any atom is 0.265 e. The molecule has 2 heterocycles. The molecule has 0 radical (unpaired) electrons. The number of hydrogen-bond acceptors (Lipinski definition) is 5. The summed E-state index contributed by atoms with van der Waals surface area (Å²) in [7, 11) is 0. The first-order chi connectivity index (χ1) is 11.7. The molecule has 2 aromatic carbocycles. The van der Waals surface area contributed by atoms with Gasteiger partial charge in [-0.2, -0.15) is 10.1 Å². The molecule has 8 heteroatoms. The van der Waals surface area contributed by atoms with E-state index in [1.165, 1.54) is 6.07 Å². The fraction of sp³-hybridized carbons (Fsp3) is 0. The third kappa shape index (κ3) is 2.71. The summed E-state index contributed by atoms with van der Waals surface area (Å²) in [5, 5.41) is 13.2. The summed E-state index contributed by atoms with van der Waals surface area (Å²) in [4.78, 5) is 7.54. The molecule has 0 fully saturated rings. The van der Waals surface area contributed by atoms with Gasteiger partial charge in [-0.25, -0.2) is 9.82 Å². The molecular formula is C16H10BrFN6. The van der Waals surface area contributed by atoms with Crippen molar-refractivity contribution < 1.29 is 4.39 Å². The van der Waals surface area contributed by atoms with Crippen molar-refractivity contribution in [2.75, 3.05) is 5.43 Å². The van der Waals surface area contributed by atoms with E-state index in [9.17, 15) is 4.39 Å². The molecule has 0 aliphatic carbocycles. The average Bonchev–Trinajstić information content (AvgIpc) is 2.96. The predicted octanol–water partition coefficient (Wildman–Crippen LogP) is 3.85. The van der Waals surface area contributed by atoms with Crippen molar-refractivity contribution in [3.8, 4) is 0 Å². The fourth-order valence-electron chi connectivity index (χ4n) is 2.33. The number of hydrazone groups is 1. The van der Waals surface area contributed by atoms with E-state index in [4.69, 9.17) is 0 Å². The summed E-state index contributed by atoms with van der Waals surface area (Å²) in [5.41, 5.74) is 5.74. The second kappa shape index (κ2) is 5.97. The molecule has 2 N–H and O–H groups in total. The van der Waals surface area contributed by atoms with Crippen LogP contribution in [0.3, 0.4) is 0 Å². The number of nitrogens with zero attached hydrogens (tertiary/aromatic N) is 4. The Bertz CT molecular complexity index is 1070. The van der Waals surface area contributed by atoms with Crippen molar-refractivity contribution in [3.05, 3.63) is 58.3 Å². The van der Waals surface area contributed by atoms with Gasteiger partial charge in [-0.1, -0.05) is 24.3 Å². The molecule has 0 spiro atoms. The van der Waals surface area contributed by atoms with Gasteiger partial charge >= 0.3 is 0 Å². The second-order valence-electron chi connectivity index (χ2n) is 5.05. The lowest BCUT2D eigenvalue weighted by molar-refractivity contribution is 0.621. The number of H-pyrrole nitrogens is 1. The smallest absolute Gasteiger partial charge is 0.265 e. The Morgan fingerprint density at radius 3 is 2.92 bits per heavy atom. The minimum absolute atomic E-state index is 0.270. The Hall–Kier alpha value is -2.87. The number of aromatic amines is 1. The van der Waals surface area contributed by atoms with E-state index in [1.54, 1.807) is 18.3 Å². The van der Waals surface area contributed by atoms with E-state index in [0.717, 1.165) is 16.5 Å². The molecule has 0 saturated carbocycles. The van der Waals surface area contributed by atoms with Crippen LogP contribution < -0.4 is 5.43 Å². The maximum atomic E-state index is 13.2. The topological polar surface area (TPSA) is 78.8 Å². The standard InChI is InChI=1S/C16H10BrFN6/c17-11-7-9(5-6-12(11)18)8-19-23-16-21-15-14(22-24-16)10-3-1-2-4-13(10)20-15/h1-8H,(H2,20,21,23,24). The number of aromatic nitrogens is 4. The largest absolute Gasteiger partial charge is 0.338 e. The Balaban J connectivity index is 1.59. The molecular weight excluding hydrogens is 375 g/mol. The minimum Gasteiger partial charge on any atom is -0.338 e. The van der Waals surface area contributed by atoms with E-state index in [-0.39, 0.29) is 11.8 Å². The van der Waals surface area contributed by atoms with Gasteiger partial charge < -0.3 is 4.98 Å². The lowest BCUT2D eigenvalue weighted by Crippen LogP contribution is -1.99. The number of halogens is 2.